The van der Waals surface area contributed by atoms with E-state index >= 15 is 0 Å². The third-order valence-corrected chi connectivity index (χ3v) is 20.8. The summed E-state index contributed by atoms with van der Waals surface area (Å²) in [5.74, 6) is -0.195. The van der Waals surface area contributed by atoms with Gasteiger partial charge in [-0.2, -0.15) is 0 Å². The van der Waals surface area contributed by atoms with E-state index in [1.54, 1.807) is 0 Å². The number of ether oxygens (including phenoxy) is 4. The first-order valence-electron chi connectivity index (χ1n) is 41.3. The molecule has 94 heavy (non-hydrogen) atoms. The van der Waals surface area contributed by atoms with Gasteiger partial charge in [-0.05, 0) is 12.8 Å². The Labute approximate surface area is 578 Å². The molecule has 560 valence electrons. The van der Waals surface area contributed by atoms with Crippen LogP contribution in [0.5, 0.6) is 0 Å². The van der Waals surface area contributed by atoms with Crippen LogP contribution in [-0.4, -0.2) is 140 Å². The normalized spacial score (nSPS) is 22.3. The number of unbranched alkanes of at least 4 members (excludes halogenated alkanes) is 58. The summed E-state index contributed by atoms with van der Waals surface area (Å²) < 4.78 is 23.0. The minimum atomic E-state index is -1.78. The molecule has 2 rings (SSSR count). The van der Waals surface area contributed by atoms with Gasteiger partial charge in [0.2, 0.25) is 5.91 Å². The Morgan fingerprint density at radius 3 is 0.904 bits per heavy atom. The summed E-state index contributed by atoms with van der Waals surface area (Å²) >= 11 is 0. The number of amides is 1. The van der Waals surface area contributed by atoms with E-state index in [-0.39, 0.29) is 12.5 Å². The van der Waals surface area contributed by atoms with Crippen LogP contribution < -0.4 is 5.32 Å². The Morgan fingerprint density at radius 2 is 0.606 bits per heavy atom. The molecule has 0 aliphatic carbocycles. The zero-order chi connectivity index (χ0) is 68.0. The van der Waals surface area contributed by atoms with Crippen molar-refractivity contribution in [1.29, 1.82) is 0 Å². The van der Waals surface area contributed by atoms with Crippen LogP contribution in [0.3, 0.4) is 0 Å². The highest BCUT2D eigenvalue weighted by Crippen LogP contribution is 2.31. The fraction of sp³-hybridized carbons (Fsp3) is 0.988. The van der Waals surface area contributed by atoms with Crippen LogP contribution in [0.2, 0.25) is 0 Å². The second-order valence-corrected chi connectivity index (χ2v) is 29.6. The molecule has 2 heterocycles. The summed E-state index contributed by atoms with van der Waals surface area (Å²) in [5.41, 5.74) is 0. The monoisotopic (exact) mass is 1340 g/mol. The molecule has 2 saturated heterocycles. The molecule has 2 fully saturated rings. The fourth-order valence-electron chi connectivity index (χ4n) is 14.3. The Morgan fingerprint density at radius 1 is 0.340 bits per heavy atom. The molecule has 0 aromatic rings. The Kier molecular flexibility index (Phi) is 61.9. The number of rotatable bonds is 71. The predicted molar refractivity (Wildman–Crippen MR) is 388 cm³/mol. The van der Waals surface area contributed by atoms with Gasteiger partial charge in [0.05, 0.1) is 32.0 Å². The smallest absolute Gasteiger partial charge is 0.220 e. The van der Waals surface area contributed by atoms with Crippen molar-refractivity contribution in [2.75, 3.05) is 19.8 Å². The quantitative estimate of drug-likeness (QED) is 0.0259. The maximum atomic E-state index is 13.4. The van der Waals surface area contributed by atoms with Crippen molar-refractivity contribution in [3.63, 3.8) is 0 Å². The van der Waals surface area contributed by atoms with E-state index in [0.717, 1.165) is 51.4 Å². The minimum Gasteiger partial charge on any atom is -0.394 e. The van der Waals surface area contributed by atoms with Gasteiger partial charge < -0.3 is 65.1 Å². The number of carbonyl (C=O) groups is 1. The number of aliphatic hydroxyl groups excluding tert-OH is 8. The average molecular weight is 1340 g/mol. The third kappa shape index (κ3) is 47.9. The molecule has 0 bridgehead atoms. The third-order valence-electron chi connectivity index (χ3n) is 20.8. The van der Waals surface area contributed by atoms with Crippen LogP contribution in [-0.2, 0) is 23.7 Å². The first-order chi connectivity index (χ1) is 46.1. The number of hydrogen-bond donors (Lipinski definition) is 9. The SMILES string of the molecule is CCCCCCCCCCCCCCCCCCCCCCCCCCCCCCCCCCCC(O)C(COC1OC(CO)C(OC2OC(CO)C(O)C(O)C2O)C(O)C1O)NC(=O)CCCCCCCCCCCCCCCCCCCCCCCCCCCCC. The molecule has 1 amide bonds. The first kappa shape index (κ1) is 89.1. The lowest BCUT2D eigenvalue weighted by Crippen LogP contribution is -2.65. The number of nitrogens with one attached hydrogen (secondary N) is 1. The van der Waals surface area contributed by atoms with Crippen LogP contribution in [0.4, 0.5) is 0 Å². The van der Waals surface area contributed by atoms with E-state index in [9.17, 15) is 45.6 Å². The van der Waals surface area contributed by atoms with E-state index in [0.29, 0.717) is 12.8 Å². The fourth-order valence-corrected chi connectivity index (χ4v) is 14.3. The summed E-state index contributed by atoms with van der Waals surface area (Å²) in [4.78, 5) is 13.4. The van der Waals surface area contributed by atoms with E-state index in [4.69, 9.17) is 18.9 Å². The van der Waals surface area contributed by atoms with Gasteiger partial charge in [-0.25, -0.2) is 0 Å². The molecular weight excluding hydrogens is 1180 g/mol. The summed E-state index contributed by atoms with van der Waals surface area (Å²) in [6, 6.07) is -0.826. The molecule has 0 aromatic heterocycles. The van der Waals surface area contributed by atoms with E-state index < -0.39 is 86.8 Å². The Bertz CT molecular complexity index is 1580. The summed E-state index contributed by atoms with van der Waals surface area (Å²) in [6.45, 7) is 2.95. The summed E-state index contributed by atoms with van der Waals surface area (Å²) in [6.07, 6.45) is 64.4. The molecule has 12 unspecified atom stereocenters. The van der Waals surface area contributed by atoms with Crippen molar-refractivity contribution in [3.05, 3.63) is 0 Å². The van der Waals surface area contributed by atoms with Crippen LogP contribution in [0, 0.1) is 0 Å². The molecule has 0 spiro atoms. The second kappa shape index (κ2) is 65.3. The van der Waals surface area contributed by atoms with Crippen molar-refractivity contribution in [2.45, 2.75) is 485 Å². The van der Waals surface area contributed by atoms with E-state index in [1.165, 1.54) is 334 Å². The summed E-state index contributed by atoms with van der Waals surface area (Å²) in [5, 5.41) is 87.9. The number of hydrogen-bond acceptors (Lipinski definition) is 13. The maximum absolute atomic E-state index is 13.4. The molecule has 14 heteroatoms. The van der Waals surface area contributed by atoms with Crippen LogP contribution >= 0.6 is 0 Å². The molecule has 14 nitrogen and oxygen atoms in total. The first-order valence-corrected chi connectivity index (χ1v) is 41.3. The molecule has 9 N–H and O–H groups in total. The molecule has 2 aliphatic heterocycles. The van der Waals surface area contributed by atoms with Gasteiger partial charge in [-0.15, -0.1) is 0 Å². The van der Waals surface area contributed by atoms with Gasteiger partial charge in [-0.3, -0.25) is 4.79 Å². The van der Waals surface area contributed by atoms with Gasteiger partial charge in [0.1, 0.15) is 48.8 Å². The maximum Gasteiger partial charge on any atom is 0.220 e. The van der Waals surface area contributed by atoms with Crippen molar-refractivity contribution in [1.82, 2.24) is 5.32 Å². The predicted octanol–water partition coefficient (Wildman–Crippen LogP) is 18.7. The lowest BCUT2D eigenvalue weighted by Gasteiger charge is -2.46. The number of aliphatic hydroxyl groups is 8. The highest BCUT2D eigenvalue weighted by Gasteiger charge is 2.51. The Balaban J connectivity index is 1.59. The highest BCUT2D eigenvalue weighted by atomic mass is 16.7. The van der Waals surface area contributed by atoms with Gasteiger partial charge >= 0.3 is 0 Å². The molecule has 0 aromatic carbocycles. The summed E-state index contributed by atoms with van der Waals surface area (Å²) in [7, 11) is 0. The van der Waals surface area contributed by atoms with E-state index in [1.807, 2.05) is 0 Å². The van der Waals surface area contributed by atoms with Crippen LogP contribution in [0.1, 0.15) is 412 Å². The lowest BCUT2D eigenvalue weighted by molar-refractivity contribution is -0.359. The van der Waals surface area contributed by atoms with Crippen molar-refractivity contribution < 1.29 is 64.6 Å². The van der Waals surface area contributed by atoms with Crippen LogP contribution in [0.15, 0.2) is 0 Å². The van der Waals surface area contributed by atoms with Gasteiger partial charge in [-0.1, -0.05) is 393 Å². The molecule has 12 atom stereocenters. The van der Waals surface area contributed by atoms with Crippen LogP contribution in [0.25, 0.3) is 0 Å². The van der Waals surface area contributed by atoms with Crippen molar-refractivity contribution in [2.24, 2.45) is 0 Å². The standard InChI is InChI=1S/C80H157NO13/c1-3-5-7-9-11-13-15-17-19-21-23-25-27-29-31-32-33-34-35-36-38-39-41-43-45-47-49-51-53-55-57-59-61-63-69(84)68(67-91-79-77(90)75(88)78(71(66-83)93-79)94-80-76(89)74(87)73(86)70(65-82)92-80)81-72(85)64-62-60-58-56-54-52-50-48-46-44-42-40-37-30-28-26-24-22-20-18-16-14-12-10-8-6-4-2/h68-71,73-80,82-84,86-90H,3-67H2,1-2H3,(H,81,85). The average Bonchev–Trinajstić information content (AvgIpc) is 0.794. The topological polar surface area (TPSA) is 228 Å². The van der Waals surface area contributed by atoms with Gasteiger partial charge in [0.25, 0.3) is 0 Å². The van der Waals surface area contributed by atoms with Gasteiger partial charge in [0, 0.05) is 6.42 Å². The highest BCUT2D eigenvalue weighted by molar-refractivity contribution is 5.76. The second-order valence-electron chi connectivity index (χ2n) is 29.6. The van der Waals surface area contributed by atoms with Crippen molar-refractivity contribution in [3.8, 4) is 0 Å². The minimum absolute atomic E-state index is 0.195. The molecule has 2 aliphatic rings. The van der Waals surface area contributed by atoms with Gasteiger partial charge in [0.15, 0.2) is 12.6 Å². The lowest BCUT2D eigenvalue weighted by atomic mass is 9.97. The van der Waals surface area contributed by atoms with E-state index in [2.05, 4.69) is 19.2 Å². The zero-order valence-corrected chi connectivity index (χ0v) is 61.5. The molecular formula is C80H157NO13. The number of carbonyl (C=O) groups excluding carboxylic acids is 1. The zero-order valence-electron chi connectivity index (χ0n) is 61.5. The van der Waals surface area contributed by atoms with Crippen molar-refractivity contribution >= 4 is 5.91 Å². The molecule has 0 saturated carbocycles. The largest absolute Gasteiger partial charge is 0.394 e. The molecule has 0 radical (unpaired) electrons. The Hall–Kier alpha value is -1.01.